The fraction of sp³-hybridized carbons (Fsp3) is 0.667. The molecular weight excluding hydrogens is 206 g/mol. The van der Waals surface area contributed by atoms with Crippen LogP contribution in [0.2, 0.25) is 0 Å². The van der Waals surface area contributed by atoms with Crippen LogP contribution in [-0.4, -0.2) is 17.8 Å². The average Bonchev–Trinajstić information content (AvgIpc) is 2.72. The highest BCUT2D eigenvalue weighted by atomic mass is 32.1. The summed E-state index contributed by atoms with van der Waals surface area (Å²) in [5, 5.41) is 15.3. The summed E-state index contributed by atoms with van der Waals surface area (Å²) in [4.78, 5) is 1.33. The van der Waals surface area contributed by atoms with Gasteiger partial charge >= 0.3 is 0 Å². The molecule has 0 aliphatic heterocycles. The Balaban J connectivity index is 2.19. The van der Waals surface area contributed by atoms with Gasteiger partial charge in [-0.1, -0.05) is 32.8 Å². The number of aliphatic hydroxyl groups excluding tert-OH is 1. The summed E-state index contributed by atoms with van der Waals surface area (Å²) in [6.45, 7) is 5.84. The van der Waals surface area contributed by atoms with Gasteiger partial charge in [0.1, 0.15) is 0 Å². The van der Waals surface area contributed by atoms with Gasteiger partial charge in [0.05, 0.1) is 6.10 Å². The van der Waals surface area contributed by atoms with Crippen LogP contribution in [0.3, 0.4) is 0 Å². The molecule has 86 valence electrons. The molecule has 0 saturated carbocycles. The highest BCUT2D eigenvalue weighted by molar-refractivity contribution is 7.09. The molecular formula is C12H21NOS. The summed E-state index contributed by atoms with van der Waals surface area (Å²) >= 11 is 1.75. The van der Waals surface area contributed by atoms with Crippen molar-refractivity contribution in [2.75, 3.05) is 6.54 Å². The zero-order chi connectivity index (χ0) is 11.1. The molecule has 2 N–H and O–H groups in total. The summed E-state index contributed by atoms with van der Waals surface area (Å²) in [7, 11) is 0. The van der Waals surface area contributed by atoms with E-state index in [0.29, 0.717) is 12.5 Å². The van der Waals surface area contributed by atoms with Gasteiger partial charge in [-0.15, -0.1) is 11.3 Å². The van der Waals surface area contributed by atoms with Crippen molar-refractivity contribution < 1.29 is 5.11 Å². The topological polar surface area (TPSA) is 32.3 Å². The van der Waals surface area contributed by atoms with E-state index < -0.39 is 0 Å². The maximum atomic E-state index is 9.88. The van der Waals surface area contributed by atoms with E-state index in [2.05, 4.69) is 36.7 Å². The Hall–Kier alpha value is -0.380. The standard InChI is InChI=1S/C12H21NOS/c1-3-10(4-2)12(14)9-13-8-11-6-5-7-15-11/h5-7,10,12-14H,3-4,8-9H2,1-2H3. The normalized spacial score (nSPS) is 13.3. The van der Waals surface area contributed by atoms with Gasteiger partial charge in [-0.25, -0.2) is 0 Å². The van der Waals surface area contributed by atoms with Crippen molar-refractivity contribution in [2.24, 2.45) is 5.92 Å². The second kappa shape index (κ2) is 6.99. The molecule has 1 aromatic heterocycles. The molecule has 0 aromatic carbocycles. The fourth-order valence-electron chi connectivity index (χ4n) is 1.76. The molecule has 0 fully saturated rings. The third kappa shape index (κ3) is 4.33. The number of aliphatic hydroxyl groups is 1. The zero-order valence-corrected chi connectivity index (χ0v) is 10.4. The van der Waals surface area contributed by atoms with Crippen LogP contribution < -0.4 is 5.32 Å². The lowest BCUT2D eigenvalue weighted by molar-refractivity contribution is 0.101. The molecule has 1 heterocycles. The smallest absolute Gasteiger partial charge is 0.0692 e. The molecule has 1 atom stereocenters. The predicted octanol–water partition coefficient (Wildman–Crippen LogP) is 2.63. The predicted molar refractivity (Wildman–Crippen MR) is 66.1 cm³/mol. The van der Waals surface area contributed by atoms with Crippen LogP contribution in [0.5, 0.6) is 0 Å². The molecule has 15 heavy (non-hydrogen) atoms. The lowest BCUT2D eigenvalue weighted by Gasteiger charge is -2.20. The minimum Gasteiger partial charge on any atom is -0.392 e. The van der Waals surface area contributed by atoms with E-state index in [0.717, 1.165) is 19.4 Å². The molecule has 3 heteroatoms. The molecule has 0 aliphatic carbocycles. The monoisotopic (exact) mass is 227 g/mol. The third-order valence-corrected chi connectivity index (χ3v) is 3.70. The summed E-state index contributed by atoms with van der Waals surface area (Å²) in [5.74, 6) is 0.431. The fourth-order valence-corrected chi connectivity index (χ4v) is 2.43. The van der Waals surface area contributed by atoms with Crippen LogP contribution in [-0.2, 0) is 6.54 Å². The highest BCUT2D eigenvalue weighted by Gasteiger charge is 2.14. The summed E-state index contributed by atoms with van der Waals surface area (Å²) in [6.07, 6.45) is 1.90. The summed E-state index contributed by atoms with van der Waals surface area (Å²) < 4.78 is 0. The van der Waals surface area contributed by atoms with Gasteiger partial charge in [0.25, 0.3) is 0 Å². The number of hydrogen-bond acceptors (Lipinski definition) is 3. The van der Waals surface area contributed by atoms with E-state index in [4.69, 9.17) is 0 Å². The number of nitrogens with one attached hydrogen (secondary N) is 1. The number of rotatable bonds is 7. The van der Waals surface area contributed by atoms with Gasteiger partial charge < -0.3 is 10.4 Å². The second-order valence-electron chi connectivity index (χ2n) is 3.85. The average molecular weight is 227 g/mol. The Labute approximate surface area is 96.3 Å². The van der Waals surface area contributed by atoms with Crippen molar-refractivity contribution in [2.45, 2.75) is 39.3 Å². The molecule has 0 radical (unpaired) electrons. The van der Waals surface area contributed by atoms with Crippen LogP contribution in [0, 0.1) is 5.92 Å². The van der Waals surface area contributed by atoms with Crippen LogP contribution in [0.25, 0.3) is 0 Å². The maximum Gasteiger partial charge on any atom is 0.0692 e. The first kappa shape index (κ1) is 12.7. The van der Waals surface area contributed by atoms with E-state index in [1.807, 2.05) is 0 Å². The first-order valence-corrected chi connectivity index (χ1v) is 6.57. The van der Waals surface area contributed by atoms with Crippen molar-refractivity contribution in [1.82, 2.24) is 5.32 Å². The van der Waals surface area contributed by atoms with Gasteiger partial charge in [0.15, 0.2) is 0 Å². The largest absolute Gasteiger partial charge is 0.392 e. The molecule has 1 aromatic rings. The van der Waals surface area contributed by atoms with E-state index in [-0.39, 0.29) is 6.10 Å². The van der Waals surface area contributed by atoms with Gasteiger partial charge in [-0.05, 0) is 17.4 Å². The Bertz CT molecular complexity index is 244. The second-order valence-corrected chi connectivity index (χ2v) is 4.89. The van der Waals surface area contributed by atoms with Crippen molar-refractivity contribution >= 4 is 11.3 Å². The first-order chi connectivity index (χ1) is 7.27. The van der Waals surface area contributed by atoms with Crippen LogP contribution in [0.4, 0.5) is 0 Å². The van der Waals surface area contributed by atoms with Gasteiger partial charge in [0, 0.05) is 18.0 Å². The van der Waals surface area contributed by atoms with Crippen LogP contribution in [0.15, 0.2) is 17.5 Å². The van der Waals surface area contributed by atoms with Crippen LogP contribution >= 0.6 is 11.3 Å². The molecule has 2 nitrogen and oxygen atoms in total. The Morgan fingerprint density at radius 1 is 1.40 bits per heavy atom. The van der Waals surface area contributed by atoms with Crippen molar-refractivity contribution in [3.8, 4) is 0 Å². The van der Waals surface area contributed by atoms with Gasteiger partial charge in [-0.3, -0.25) is 0 Å². The van der Waals surface area contributed by atoms with E-state index in [1.54, 1.807) is 11.3 Å². The molecule has 0 aliphatic rings. The third-order valence-electron chi connectivity index (χ3n) is 2.83. The first-order valence-electron chi connectivity index (χ1n) is 5.69. The summed E-state index contributed by atoms with van der Waals surface area (Å²) in [6, 6.07) is 4.17. The highest BCUT2D eigenvalue weighted by Crippen LogP contribution is 2.13. The maximum absolute atomic E-state index is 9.88. The molecule has 1 unspecified atom stereocenters. The van der Waals surface area contributed by atoms with E-state index in [9.17, 15) is 5.11 Å². The van der Waals surface area contributed by atoms with Gasteiger partial charge in [-0.2, -0.15) is 0 Å². The van der Waals surface area contributed by atoms with Crippen molar-refractivity contribution in [1.29, 1.82) is 0 Å². The SMILES string of the molecule is CCC(CC)C(O)CNCc1cccs1. The van der Waals surface area contributed by atoms with Crippen molar-refractivity contribution in [3.63, 3.8) is 0 Å². The van der Waals surface area contributed by atoms with Crippen LogP contribution in [0.1, 0.15) is 31.6 Å². The van der Waals surface area contributed by atoms with E-state index >= 15 is 0 Å². The number of hydrogen-bond donors (Lipinski definition) is 2. The molecule has 0 saturated heterocycles. The Kier molecular flexibility index (Phi) is 5.91. The van der Waals surface area contributed by atoms with E-state index in [1.165, 1.54) is 4.88 Å². The lowest BCUT2D eigenvalue weighted by Crippen LogP contribution is -2.32. The molecule has 1 rings (SSSR count). The van der Waals surface area contributed by atoms with Crippen molar-refractivity contribution in [3.05, 3.63) is 22.4 Å². The number of thiophene rings is 1. The minimum absolute atomic E-state index is 0.208. The zero-order valence-electron chi connectivity index (χ0n) is 9.57. The lowest BCUT2D eigenvalue weighted by atomic mass is 9.97. The quantitative estimate of drug-likeness (QED) is 0.750. The Morgan fingerprint density at radius 2 is 2.13 bits per heavy atom. The minimum atomic E-state index is -0.208. The summed E-state index contributed by atoms with van der Waals surface area (Å²) in [5.41, 5.74) is 0. The van der Waals surface area contributed by atoms with Gasteiger partial charge in [0.2, 0.25) is 0 Å². The molecule has 0 bridgehead atoms. The molecule has 0 spiro atoms. The Morgan fingerprint density at radius 3 is 2.67 bits per heavy atom. The molecule has 0 amide bonds.